The van der Waals surface area contributed by atoms with E-state index >= 15 is 0 Å². The lowest BCUT2D eigenvalue weighted by atomic mass is 10.1. The molecule has 4 rings (SSSR count). The van der Waals surface area contributed by atoms with Crippen LogP contribution in [0.4, 0.5) is 5.69 Å². The van der Waals surface area contributed by atoms with Crippen molar-refractivity contribution in [1.29, 1.82) is 0 Å². The van der Waals surface area contributed by atoms with Gasteiger partial charge in [0.2, 0.25) is 5.91 Å². The van der Waals surface area contributed by atoms with Gasteiger partial charge in [0, 0.05) is 54.8 Å². The molecular weight excluding hydrogens is 394 g/mol. The molecule has 8 nitrogen and oxygen atoms in total. The first-order chi connectivity index (χ1) is 15.1. The molecule has 1 aromatic carbocycles. The van der Waals surface area contributed by atoms with Crippen molar-refractivity contribution in [2.75, 3.05) is 39.3 Å². The number of carbonyl (C=O) groups is 1. The Bertz CT molecular complexity index is 999. The predicted octanol–water partition coefficient (Wildman–Crippen LogP) is 2.10. The summed E-state index contributed by atoms with van der Waals surface area (Å²) in [6.45, 7) is 5.54. The van der Waals surface area contributed by atoms with E-state index in [-0.39, 0.29) is 18.1 Å². The zero-order valence-electron chi connectivity index (χ0n) is 17.8. The monoisotopic (exact) mass is 421 g/mol. The van der Waals surface area contributed by atoms with Crippen LogP contribution < -0.4 is 20.1 Å². The van der Waals surface area contributed by atoms with Crippen molar-refractivity contribution >= 4 is 11.6 Å². The van der Waals surface area contributed by atoms with Crippen molar-refractivity contribution in [2.24, 2.45) is 0 Å². The van der Waals surface area contributed by atoms with Crippen molar-refractivity contribution < 1.29 is 14.3 Å². The van der Waals surface area contributed by atoms with Crippen molar-refractivity contribution in [1.82, 2.24) is 20.1 Å². The third-order valence-corrected chi connectivity index (χ3v) is 5.59. The molecule has 0 radical (unpaired) electrons. The van der Waals surface area contributed by atoms with Gasteiger partial charge in [0.05, 0.1) is 26.6 Å². The molecule has 2 aliphatic rings. The molecule has 1 aromatic heterocycles. The zero-order chi connectivity index (χ0) is 21.8. The van der Waals surface area contributed by atoms with Gasteiger partial charge in [-0.15, -0.1) is 0 Å². The van der Waals surface area contributed by atoms with Crippen LogP contribution >= 0.6 is 0 Å². The highest BCUT2D eigenvalue weighted by atomic mass is 16.5. The number of anilines is 1. The summed E-state index contributed by atoms with van der Waals surface area (Å²) in [6, 6.07) is 9.04. The van der Waals surface area contributed by atoms with Gasteiger partial charge in [0.15, 0.2) is 0 Å². The van der Waals surface area contributed by atoms with Crippen molar-refractivity contribution in [3.8, 4) is 23.5 Å². The van der Waals surface area contributed by atoms with E-state index in [1.165, 1.54) is 6.08 Å². The van der Waals surface area contributed by atoms with Gasteiger partial charge in [-0.2, -0.15) is 0 Å². The predicted molar refractivity (Wildman–Crippen MR) is 119 cm³/mol. The van der Waals surface area contributed by atoms with Gasteiger partial charge in [0.1, 0.15) is 17.7 Å². The number of H-pyrrole nitrogens is 1. The van der Waals surface area contributed by atoms with E-state index in [0.717, 1.165) is 29.8 Å². The topological polar surface area (TPSA) is 81.9 Å². The lowest BCUT2D eigenvalue weighted by Crippen LogP contribution is -2.46. The number of aromatic amines is 1. The first-order valence-corrected chi connectivity index (χ1v) is 10.2. The summed E-state index contributed by atoms with van der Waals surface area (Å²) in [7, 11) is 3.24. The maximum absolute atomic E-state index is 11.9. The second-order valence-electron chi connectivity index (χ2n) is 7.51. The van der Waals surface area contributed by atoms with Gasteiger partial charge in [-0.25, -0.2) is 0 Å². The molecule has 0 spiro atoms. The minimum atomic E-state index is -0.105. The summed E-state index contributed by atoms with van der Waals surface area (Å²) in [5.74, 6) is 4.59. The number of likely N-dealkylation sites (tertiary alicyclic amines) is 1. The second kappa shape index (κ2) is 9.06. The van der Waals surface area contributed by atoms with Crippen LogP contribution in [-0.2, 0) is 4.79 Å². The highest BCUT2D eigenvalue weighted by Gasteiger charge is 2.32. The summed E-state index contributed by atoms with van der Waals surface area (Å²) in [4.78, 5) is 19.0. The van der Waals surface area contributed by atoms with Gasteiger partial charge in [-0.3, -0.25) is 15.0 Å². The first kappa shape index (κ1) is 20.7. The Morgan fingerprint density at radius 2 is 2.03 bits per heavy atom. The molecule has 0 aliphatic carbocycles. The molecule has 1 unspecified atom stereocenters. The summed E-state index contributed by atoms with van der Waals surface area (Å²) >= 11 is 0. The Morgan fingerprint density at radius 1 is 1.26 bits per heavy atom. The van der Waals surface area contributed by atoms with E-state index < -0.39 is 0 Å². The molecule has 3 N–H and O–H groups in total. The Kier molecular flexibility index (Phi) is 6.05. The molecule has 31 heavy (non-hydrogen) atoms. The van der Waals surface area contributed by atoms with Crippen molar-refractivity contribution in [3.05, 3.63) is 54.4 Å². The smallest absolute Gasteiger partial charge is 0.246 e. The van der Waals surface area contributed by atoms with Gasteiger partial charge in [-0.05, 0) is 30.6 Å². The molecule has 1 fully saturated rings. The van der Waals surface area contributed by atoms with E-state index in [0.29, 0.717) is 24.7 Å². The molecule has 2 aromatic rings. The minimum absolute atomic E-state index is 0.0273. The van der Waals surface area contributed by atoms with Crippen LogP contribution in [0.5, 0.6) is 11.5 Å². The fourth-order valence-electron chi connectivity index (χ4n) is 3.93. The highest BCUT2D eigenvalue weighted by molar-refractivity contribution is 5.87. The van der Waals surface area contributed by atoms with Crippen molar-refractivity contribution in [3.63, 3.8) is 0 Å². The molecule has 1 saturated heterocycles. The zero-order valence-corrected chi connectivity index (χ0v) is 17.8. The number of nitrogens with one attached hydrogen (secondary N) is 3. The Labute approximate surface area is 182 Å². The third-order valence-electron chi connectivity index (χ3n) is 5.59. The number of rotatable bonds is 5. The fourth-order valence-corrected chi connectivity index (χ4v) is 3.93. The fraction of sp³-hybridized carbons (Fsp3) is 0.348. The molecular formula is C23H27N5O3. The normalized spacial score (nSPS) is 19.7. The van der Waals surface area contributed by atoms with Crippen molar-refractivity contribution in [2.45, 2.75) is 18.6 Å². The number of aromatic nitrogens is 1. The molecule has 2 atom stereocenters. The number of hydrogen-bond donors (Lipinski definition) is 3. The maximum Gasteiger partial charge on any atom is 0.246 e. The van der Waals surface area contributed by atoms with E-state index in [9.17, 15) is 4.79 Å². The Hall–Kier alpha value is -3.57. The Balaban J connectivity index is 1.56. The summed E-state index contributed by atoms with van der Waals surface area (Å²) in [6.07, 6.45) is 6.08. The maximum atomic E-state index is 11.9. The van der Waals surface area contributed by atoms with E-state index in [4.69, 9.17) is 9.47 Å². The van der Waals surface area contributed by atoms with Gasteiger partial charge in [0.25, 0.3) is 0 Å². The van der Waals surface area contributed by atoms with Gasteiger partial charge in [-0.1, -0.05) is 6.58 Å². The standard InChI is InChI=1S/C23H27N5O3/c1-4-22(29)27-8-6-17(14-27)26-23-20-12-24-13-21(20)25-15-28(23)7-5-16-9-18(30-2)11-19(10-16)31-3/h4,9-13,17,23-26H,1,6,8,14-15H2,2-3H3/t17?,23-/m0/s1. The molecule has 2 aliphatic heterocycles. The minimum Gasteiger partial charge on any atom is -0.497 e. The number of fused-ring (bicyclic) bond motifs is 1. The number of ether oxygens (including phenoxy) is 2. The summed E-state index contributed by atoms with van der Waals surface area (Å²) in [5.41, 5.74) is 2.95. The number of nitrogens with zero attached hydrogens (tertiary/aromatic N) is 2. The molecule has 0 bridgehead atoms. The van der Waals surface area contributed by atoms with Gasteiger partial charge < -0.3 is 24.7 Å². The van der Waals surface area contributed by atoms with E-state index in [2.05, 4.69) is 34.2 Å². The van der Waals surface area contributed by atoms with Crippen LogP contribution in [0.15, 0.2) is 43.2 Å². The molecule has 162 valence electrons. The lowest BCUT2D eigenvalue weighted by Gasteiger charge is -2.36. The number of amides is 1. The average Bonchev–Trinajstić information content (AvgIpc) is 3.47. The number of benzene rings is 1. The van der Waals surface area contributed by atoms with Crippen LogP contribution in [0.1, 0.15) is 23.7 Å². The third kappa shape index (κ3) is 4.47. The van der Waals surface area contributed by atoms with Crippen LogP contribution in [0.2, 0.25) is 0 Å². The molecule has 0 saturated carbocycles. The largest absolute Gasteiger partial charge is 0.497 e. The number of carbonyl (C=O) groups excluding carboxylic acids is 1. The van der Waals surface area contributed by atoms with Crippen LogP contribution in [-0.4, -0.2) is 60.7 Å². The van der Waals surface area contributed by atoms with E-state index in [1.807, 2.05) is 40.4 Å². The summed E-state index contributed by atoms with van der Waals surface area (Å²) < 4.78 is 10.7. The van der Waals surface area contributed by atoms with E-state index in [1.54, 1.807) is 14.2 Å². The SMILES string of the molecule is C=CC(=O)N1CCC(N[C@@H]2c3c[nH]cc3NCN2C#Cc2cc(OC)cc(OC)c2)C1. The number of hydrogen-bond acceptors (Lipinski definition) is 6. The molecule has 3 heterocycles. The van der Waals surface area contributed by atoms with Crippen LogP contribution in [0, 0.1) is 12.0 Å². The quantitative estimate of drug-likeness (QED) is 0.507. The highest BCUT2D eigenvalue weighted by Crippen LogP contribution is 2.31. The summed E-state index contributed by atoms with van der Waals surface area (Å²) in [5, 5.41) is 7.08. The molecule has 1 amide bonds. The molecule has 8 heteroatoms. The van der Waals surface area contributed by atoms with Crippen LogP contribution in [0.3, 0.4) is 0 Å². The lowest BCUT2D eigenvalue weighted by molar-refractivity contribution is -0.125. The Morgan fingerprint density at radius 3 is 2.74 bits per heavy atom. The second-order valence-corrected chi connectivity index (χ2v) is 7.51. The first-order valence-electron chi connectivity index (χ1n) is 10.2. The average molecular weight is 422 g/mol. The van der Waals surface area contributed by atoms with Crippen LogP contribution in [0.25, 0.3) is 0 Å². The number of methoxy groups -OCH3 is 2. The van der Waals surface area contributed by atoms with Gasteiger partial charge >= 0.3 is 0 Å².